The fourth-order valence-corrected chi connectivity index (χ4v) is 1.87. The van der Waals surface area contributed by atoms with Crippen LogP contribution in [0.3, 0.4) is 0 Å². The van der Waals surface area contributed by atoms with Crippen molar-refractivity contribution in [2.24, 2.45) is 0 Å². The Morgan fingerprint density at radius 1 is 1.44 bits per heavy atom. The summed E-state index contributed by atoms with van der Waals surface area (Å²) in [5.41, 5.74) is 7.33. The molecule has 1 aromatic carbocycles. The third kappa shape index (κ3) is 2.59. The van der Waals surface area contributed by atoms with Gasteiger partial charge in [-0.15, -0.1) is 0 Å². The van der Waals surface area contributed by atoms with Crippen molar-refractivity contribution in [1.29, 1.82) is 0 Å². The van der Waals surface area contributed by atoms with E-state index in [2.05, 4.69) is 12.0 Å². The minimum Gasteiger partial charge on any atom is -0.437 e. The molecule has 0 bridgehead atoms. The maximum atomic E-state index is 5.98. The van der Waals surface area contributed by atoms with Crippen LogP contribution in [0.4, 0.5) is 5.69 Å². The SMILES string of the molecule is CCCn1nc(C)c(N)c1Oc1cccc(Cl)c1. The van der Waals surface area contributed by atoms with Gasteiger partial charge in [0.05, 0.1) is 5.69 Å². The summed E-state index contributed by atoms with van der Waals surface area (Å²) in [5, 5.41) is 4.98. The fourth-order valence-electron chi connectivity index (χ4n) is 1.69. The van der Waals surface area contributed by atoms with Gasteiger partial charge in [-0.1, -0.05) is 24.6 Å². The molecule has 0 amide bonds. The van der Waals surface area contributed by atoms with E-state index < -0.39 is 0 Å². The molecule has 1 heterocycles. The first-order valence-electron chi connectivity index (χ1n) is 5.88. The summed E-state index contributed by atoms with van der Waals surface area (Å²) in [7, 11) is 0. The van der Waals surface area contributed by atoms with Gasteiger partial charge in [0, 0.05) is 11.6 Å². The van der Waals surface area contributed by atoms with Crippen LogP contribution in [0, 0.1) is 6.92 Å². The molecule has 0 atom stereocenters. The molecule has 5 heteroatoms. The Labute approximate surface area is 111 Å². The van der Waals surface area contributed by atoms with Crippen molar-refractivity contribution in [2.45, 2.75) is 26.8 Å². The Kier molecular flexibility index (Phi) is 3.77. The molecule has 0 aliphatic carbocycles. The molecular formula is C13H16ClN3O. The Bertz CT molecular complexity index is 551. The molecule has 0 saturated heterocycles. The minimum absolute atomic E-state index is 0.573. The summed E-state index contributed by atoms with van der Waals surface area (Å²) in [4.78, 5) is 0. The number of ether oxygens (including phenoxy) is 1. The molecule has 0 spiro atoms. The smallest absolute Gasteiger partial charge is 0.241 e. The Hall–Kier alpha value is -1.68. The highest BCUT2D eigenvalue weighted by Crippen LogP contribution is 2.31. The Balaban J connectivity index is 2.33. The van der Waals surface area contributed by atoms with Gasteiger partial charge in [0.1, 0.15) is 11.4 Å². The number of nitrogen functional groups attached to an aromatic ring is 1. The second kappa shape index (κ2) is 5.31. The largest absolute Gasteiger partial charge is 0.437 e. The second-order valence-electron chi connectivity index (χ2n) is 4.09. The van der Waals surface area contributed by atoms with Crippen molar-refractivity contribution in [3.8, 4) is 11.6 Å². The lowest BCUT2D eigenvalue weighted by molar-refractivity contribution is 0.410. The highest BCUT2D eigenvalue weighted by atomic mass is 35.5. The molecule has 0 fully saturated rings. The molecule has 0 saturated carbocycles. The van der Waals surface area contributed by atoms with Crippen LogP contribution in [0.2, 0.25) is 5.02 Å². The van der Waals surface area contributed by atoms with Crippen LogP contribution in [0.25, 0.3) is 0 Å². The molecule has 2 N–H and O–H groups in total. The zero-order valence-corrected chi connectivity index (χ0v) is 11.2. The lowest BCUT2D eigenvalue weighted by Crippen LogP contribution is -2.02. The molecule has 2 aromatic rings. The van der Waals surface area contributed by atoms with Gasteiger partial charge in [0.2, 0.25) is 5.88 Å². The lowest BCUT2D eigenvalue weighted by atomic mass is 10.3. The first-order valence-corrected chi connectivity index (χ1v) is 6.26. The van der Waals surface area contributed by atoms with Gasteiger partial charge in [-0.3, -0.25) is 0 Å². The van der Waals surface area contributed by atoms with Gasteiger partial charge in [-0.05, 0) is 31.5 Å². The van der Waals surface area contributed by atoms with E-state index in [1.54, 1.807) is 16.8 Å². The predicted molar refractivity (Wildman–Crippen MR) is 73.2 cm³/mol. The molecule has 96 valence electrons. The Morgan fingerprint density at radius 2 is 2.22 bits per heavy atom. The van der Waals surface area contributed by atoms with E-state index in [9.17, 15) is 0 Å². The van der Waals surface area contributed by atoms with Gasteiger partial charge < -0.3 is 10.5 Å². The number of hydrogen-bond acceptors (Lipinski definition) is 3. The quantitative estimate of drug-likeness (QED) is 0.918. The summed E-state index contributed by atoms with van der Waals surface area (Å²) in [5.74, 6) is 1.24. The van der Waals surface area contributed by atoms with Crippen molar-refractivity contribution in [1.82, 2.24) is 9.78 Å². The van der Waals surface area contributed by atoms with Crippen LogP contribution >= 0.6 is 11.6 Å². The molecule has 1 aromatic heterocycles. The van der Waals surface area contributed by atoms with E-state index in [0.717, 1.165) is 18.7 Å². The maximum absolute atomic E-state index is 5.98. The number of benzene rings is 1. The van der Waals surface area contributed by atoms with Crippen molar-refractivity contribution >= 4 is 17.3 Å². The van der Waals surface area contributed by atoms with Crippen LogP contribution in [-0.2, 0) is 6.54 Å². The molecule has 0 unspecified atom stereocenters. The monoisotopic (exact) mass is 265 g/mol. The summed E-state index contributed by atoms with van der Waals surface area (Å²) >= 11 is 5.92. The number of aromatic nitrogens is 2. The lowest BCUT2D eigenvalue weighted by Gasteiger charge is -2.09. The summed E-state index contributed by atoms with van der Waals surface area (Å²) in [6.45, 7) is 4.72. The zero-order chi connectivity index (χ0) is 13.1. The summed E-state index contributed by atoms with van der Waals surface area (Å²) in [6, 6.07) is 7.22. The van der Waals surface area contributed by atoms with Crippen molar-refractivity contribution in [2.75, 3.05) is 5.73 Å². The average Bonchev–Trinajstić information content (AvgIpc) is 2.58. The third-order valence-corrected chi connectivity index (χ3v) is 2.81. The Morgan fingerprint density at radius 3 is 2.89 bits per heavy atom. The molecule has 18 heavy (non-hydrogen) atoms. The normalized spacial score (nSPS) is 10.6. The van der Waals surface area contributed by atoms with Gasteiger partial charge in [-0.2, -0.15) is 5.10 Å². The maximum Gasteiger partial charge on any atom is 0.241 e. The van der Waals surface area contributed by atoms with E-state index in [1.807, 2.05) is 19.1 Å². The van der Waals surface area contributed by atoms with Crippen LogP contribution < -0.4 is 10.5 Å². The van der Waals surface area contributed by atoms with E-state index in [-0.39, 0.29) is 0 Å². The molecule has 2 rings (SSSR count). The molecule has 0 aliphatic heterocycles. The first kappa shape index (κ1) is 12.8. The van der Waals surface area contributed by atoms with Gasteiger partial charge in [0.15, 0.2) is 0 Å². The highest BCUT2D eigenvalue weighted by molar-refractivity contribution is 6.30. The summed E-state index contributed by atoms with van der Waals surface area (Å²) < 4.78 is 7.57. The predicted octanol–water partition coefficient (Wildman–Crippen LogP) is 3.63. The topological polar surface area (TPSA) is 53.1 Å². The van der Waals surface area contributed by atoms with E-state index in [0.29, 0.717) is 22.3 Å². The minimum atomic E-state index is 0.573. The third-order valence-electron chi connectivity index (χ3n) is 2.57. The summed E-state index contributed by atoms with van der Waals surface area (Å²) in [6.07, 6.45) is 0.965. The van der Waals surface area contributed by atoms with E-state index in [1.165, 1.54) is 0 Å². The standard InChI is InChI=1S/C13H16ClN3O/c1-3-7-17-13(12(15)9(2)16-17)18-11-6-4-5-10(14)8-11/h4-6,8H,3,7,15H2,1-2H3. The number of nitrogens with zero attached hydrogens (tertiary/aromatic N) is 2. The molecular weight excluding hydrogens is 250 g/mol. The van der Waals surface area contributed by atoms with Crippen LogP contribution in [0.15, 0.2) is 24.3 Å². The van der Waals surface area contributed by atoms with Crippen molar-refractivity contribution in [3.05, 3.63) is 35.0 Å². The molecule has 4 nitrogen and oxygen atoms in total. The van der Waals surface area contributed by atoms with Crippen LogP contribution in [0.1, 0.15) is 19.0 Å². The second-order valence-corrected chi connectivity index (χ2v) is 4.52. The zero-order valence-electron chi connectivity index (χ0n) is 10.5. The van der Waals surface area contributed by atoms with Crippen LogP contribution in [-0.4, -0.2) is 9.78 Å². The number of aryl methyl sites for hydroxylation is 2. The molecule has 0 aliphatic rings. The van der Waals surface area contributed by atoms with Gasteiger partial charge in [0.25, 0.3) is 0 Å². The number of hydrogen-bond donors (Lipinski definition) is 1. The first-order chi connectivity index (χ1) is 8.61. The van der Waals surface area contributed by atoms with Gasteiger partial charge >= 0.3 is 0 Å². The molecule has 0 radical (unpaired) electrons. The highest BCUT2D eigenvalue weighted by Gasteiger charge is 2.14. The van der Waals surface area contributed by atoms with Crippen molar-refractivity contribution < 1.29 is 4.74 Å². The van der Waals surface area contributed by atoms with Crippen LogP contribution in [0.5, 0.6) is 11.6 Å². The number of nitrogens with two attached hydrogens (primary N) is 1. The fraction of sp³-hybridized carbons (Fsp3) is 0.308. The number of rotatable bonds is 4. The van der Waals surface area contributed by atoms with Gasteiger partial charge in [-0.25, -0.2) is 4.68 Å². The number of anilines is 1. The van der Waals surface area contributed by atoms with E-state index >= 15 is 0 Å². The van der Waals surface area contributed by atoms with E-state index in [4.69, 9.17) is 22.1 Å². The van der Waals surface area contributed by atoms with Crippen molar-refractivity contribution in [3.63, 3.8) is 0 Å². The average molecular weight is 266 g/mol. The number of halogens is 1.